The fourth-order valence-corrected chi connectivity index (χ4v) is 2.69. The number of carbonyl (C=O) groups is 1. The van der Waals surface area contributed by atoms with Crippen molar-refractivity contribution in [2.45, 2.75) is 25.7 Å². The number of hydrogen-bond donors (Lipinski definition) is 2. The van der Waals surface area contributed by atoms with Gasteiger partial charge in [-0.3, -0.25) is 9.89 Å². The molecule has 1 amide bonds. The van der Waals surface area contributed by atoms with Gasteiger partial charge in [-0.25, -0.2) is 4.98 Å². The summed E-state index contributed by atoms with van der Waals surface area (Å²) in [7, 11) is 1.88. The van der Waals surface area contributed by atoms with E-state index in [-0.39, 0.29) is 5.91 Å². The minimum atomic E-state index is 0.132. The highest BCUT2D eigenvalue weighted by Crippen LogP contribution is 2.18. The minimum absolute atomic E-state index is 0.132. The van der Waals surface area contributed by atoms with E-state index in [2.05, 4.69) is 20.5 Å². The first-order valence-electron chi connectivity index (χ1n) is 7.73. The Balaban J connectivity index is 1.66. The summed E-state index contributed by atoms with van der Waals surface area (Å²) >= 11 is 0. The van der Waals surface area contributed by atoms with Crippen molar-refractivity contribution in [3.05, 3.63) is 30.1 Å². The monoisotopic (exact) mass is 299 g/mol. The molecule has 0 unspecified atom stereocenters. The summed E-state index contributed by atoms with van der Waals surface area (Å²) in [5, 5.41) is 10.2. The molecule has 1 aliphatic rings. The van der Waals surface area contributed by atoms with Gasteiger partial charge in [0.1, 0.15) is 5.82 Å². The molecule has 0 radical (unpaired) electrons. The van der Waals surface area contributed by atoms with Crippen molar-refractivity contribution < 1.29 is 4.79 Å². The Bertz CT molecular complexity index is 628. The lowest BCUT2D eigenvalue weighted by Crippen LogP contribution is -2.36. The average molecular weight is 299 g/mol. The van der Waals surface area contributed by atoms with Gasteiger partial charge in [0.2, 0.25) is 5.91 Å². The maximum Gasteiger partial charge on any atom is 0.230 e. The van der Waals surface area contributed by atoms with Crippen LogP contribution in [0.1, 0.15) is 25.1 Å². The van der Waals surface area contributed by atoms with Gasteiger partial charge >= 0.3 is 0 Å². The first-order valence-corrected chi connectivity index (χ1v) is 7.73. The van der Waals surface area contributed by atoms with Gasteiger partial charge in [-0.1, -0.05) is 0 Å². The smallest absolute Gasteiger partial charge is 0.230 e. The second-order valence-corrected chi connectivity index (χ2v) is 5.55. The van der Waals surface area contributed by atoms with Crippen LogP contribution in [0.15, 0.2) is 24.3 Å². The fraction of sp³-hybridized carbons (Fsp3) is 0.438. The number of nitrogens with zero attached hydrogens (tertiary/aromatic N) is 3. The number of H-pyrrole nitrogens is 1. The molecule has 2 N–H and O–H groups in total. The maximum absolute atomic E-state index is 12.2. The van der Waals surface area contributed by atoms with Crippen LogP contribution in [0.2, 0.25) is 0 Å². The van der Waals surface area contributed by atoms with Gasteiger partial charge in [-0.15, -0.1) is 0 Å². The molecule has 1 saturated heterocycles. The number of rotatable bonds is 4. The van der Waals surface area contributed by atoms with E-state index in [1.54, 1.807) is 0 Å². The first kappa shape index (κ1) is 14.6. The highest BCUT2D eigenvalue weighted by Gasteiger charge is 2.18. The molecule has 0 saturated carbocycles. The number of aromatic amines is 1. The van der Waals surface area contributed by atoms with Crippen LogP contribution < -0.4 is 5.32 Å². The molecular formula is C16H21N5O. The van der Waals surface area contributed by atoms with E-state index in [1.807, 2.05) is 36.2 Å². The topological polar surface area (TPSA) is 73.9 Å². The zero-order valence-electron chi connectivity index (χ0n) is 12.8. The molecule has 3 rings (SSSR count). The molecule has 0 atom stereocenters. The highest BCUT2D eigenvalue weighted by atomic mass is 16.2. The molecule has 22 heavy (non-hydrogen) atoms. The Kier molecular flexibility index (Phi) is 4.37. The molecule has 6 heteroatoms. The van der Waals surface area contributed by atoms with Crippen LogP contribution in [0.3, 0.4) is 0 Å². The molecule has 2 heterocycles. The molecular weight excluding hydrogens is 278 g/mol. The molecule has 1 fully saturated rings. The Morgan fingerprint density at radius 1 is 1.23 bits per heavy atom. The Morgan fingerprint density at radius 2 is 1.95 bits per heavy atom. The number of likely N-dealkylation sites (tertiary alicyclic amines) is 1. The summed E-state index contributed by atoms with van der Waals surface area (Å²) in [6.45, 7) is 1.73. The van der Waals surface area contributed by atoms with Gasteiger partial charge in [-0.05, 0) is 43.5 Å². The summed E-state index contributed by atoms with van der Waals surface area (Å²) in [6, 6.07) is 7.88. The Morgan fingerprint density at radius 3 is 2.64 bits per heavy atom. The van der Waals surface area contributed by atoms with Crippen LogP contribution in [0.4, 0.5) is 5.69 Å². The van der Waals surface area contributed by atoms with E-state index in [9.17, 15) is 4.79 Å². The summed E-state index contributed by atoms with van der Waals surface area (Å²) in [4.78, 5) is 18.6. The molecule has 1 aromatic heterocycles. The van der Waals surface area contributed by atoms with Crippen LogP contribution in [0.25, 0.3) is 11.4 Å². The largest absolute Gasteiger partial charge is 0.388 e. The average Bonchev–Trinajstić information content (AvgIpc) is 3.04. The molecule has 0 bridgehead atoms. The van der Waals surface area contributed by atoms with E-state index >= 15 is 0 Å². The lowest BCUT2D eigenvalue weighted by molar-refractivity contribution is -0.131. The zero-order chi connectivity index (χ0) is 15.4. The van der Waals surface area contributed by atoms with Crippen molar-refractivity contribution in [3.8, 4) is 11.4 Å². The second kappa shape index (κ2) is 6.60. The molecule has 2 aromatic rings. The third kappa shape index (κ3) is 3.27. The standard InChI is InChI=1S/C16H21N5O/c1-17-13-7-5-12(6-8-13)16-18-14(19-20-16)11-15(22)21-9-3-2-4-10-21/h5-8,17H,2-4,9-11H2,1H3,(H,18,19,20). The van der Waals surface area contributed by atoms with Gasteiger partial charge in [0.25, 0.3) is 0 Å². The highest BCUT2D eigenvalue weighted by molar-refractivity contribution is 5.78. The van der Waals surface area contributed by atoms with Crippen molar-refractivity contribution in [1.82, 2.24) is 20.1 Å². The Hall–Kier alpha value is -2.37. The second-order valence-electron chi connectivity index (χ2n) is 5.55. The number of benzene rings is 1. The molecule has 0 aliphatic carbocycles. The van der Waals surface area contributed by atoms with Crippen molar-refractivity contribution in [1.29, 1.82) is 0 Å². The Labute approximate surface area is 129 Å². The minimum Gasteiger partial charge on any atom is -0.388 e. The van der Waals surface area contributed by atoms with Crippen LogP contribution in [-0.4, -0.2) is 46.1 Å². The number of nitrogens with one attached hydrogen (secondary N) is 2. The molecule has 116 valence electrons. The van der Waals surface area contributed by atoms with Crippen molar-refractivity contribution in [2.24, 2.45) is 0 Å². The van der Waals surface area contributed by atoms with Crippen LogP contribution in [0, 0.1) is 0 Å². The lowest BCUT2D eigenvalue weighted by Gasteiger charge is -2.26. The third-order valence-corrected chi connectivity index (χ3v) is 3.99. The molecule has 1 aromatic carbocycles. The van der Waals surface area contributed by atoms with Gasteiger partial charge < -0.3 is 10.2 Å². The number of hydrogen-bond acceptors (Lipinski definition) is 4. The van der Waals surface area contributed by atoms with E-state index in [4.69, 9.17) is 0 Å². The summed E-state index contributed by atoms with van der Waals surface area (Å²) in [6.07, 6.45) is 3.72. The number of amides is 1. The normalized spacial score (nSPS) is 14.9. The van der Waals surface area contributed by atoms with E-state index in [0.29, 0.717) is 18.1 Å². The zero-order valence-corrected chi connectivity index (χ0v) is 12.8. The third-order valence-electron chi connectivity index (χ3n) is 3.99. The van der Waals surface area contributed by atoms with E-state index in [0.717, 1.165) is 37.2 Å². The molecule has 1 aliphatic heterocycles. The van der Waals surface area contributed by atoms with Crippen LogP contribution >= 0.6 is 0 Å². The number of carbonyl (C=O) groups excluding carboxylic acids is 1. The van der Waals surface area contributed by atoms with Gasteiger partial charge in [0.15, 0.2) is 5.82 Å². The molecule has 0 spiro atoms. The first-order chi connectivity index (χ1) is 10.8. The number of aromatic nitrogens is 3. The van der Waals surface area contributed by atoms with Gasteiger partial charge in [0.05, 0.1) is 6.42 Å². The number of piperidine rings is 1. The van der Waals surface area contributed by atoms with Crippen LogP contribution in [-0.2, 0) is 11.2 Å². The fourth-order valence-electron chi connectivity index (χ4n) is 2.69. The van der Waals surface area contributed by atoms with Crippen molar-refractivity contribution in [3.63, 3.8) is 0 Å². The van der Waals surface area contributed by atoms with Crippen LogP contribution in [0.5, 0.6) is 0 Å². The summed E-state index contributed by atoms with van der Waals surface area (Å²) < 4.78 is 0. The summed E-state index contributed by atoms with van der Waals surface area (Å²) in [5.41, 5.74) is 1.98. The van der Waals surface area contributed by atoms with Crippen molar-refractivity contribution >= 4 is 11.6 Å². The SMILES string of the molecule is CNc1ccc(-c2n[nH]c(CC(=O)N3CCCCC3)n2)cc1. The number of anilines is 1. The van der Waals surface area contributed by atoms with Gasteiger partial charge in [0, 0.05) is 31.4 Å². The quantitative estimate of drug-likeness (QED) is 0.906. The lowest BCUT2D eigenvalue weighted by atomic mass is 10.1. The molecule has 6 nitrogen and oxygen atoms in total. The van der Waals surface area contributed by atoms with Crippen molar-refractivity contribution in [2.75, 3.05) is 25.5 Å². The van der Waals surface area contributed by atoms with E-state index < -0.39 is 0 Å². The van der Waals surface area contributed by atoms with Gasteiger partial charge in [-0.2, -0.15) is 5.10 Å². The summed E-state index contributed by atoms with van der Waals surface area (Å²) in [5.74, 6) is 1.39. The predicted octanol–water partition coefficient (Wildman–Crippen LogP) is 2.07. The predicted molar refractivity (Wildman–Crippen MR) is 85.5 cm³/mol. The van der Waals surface area contributed by atoms with E-state index in [1.165, 1.54) is 6.42 Å². The maximum atomic E-state index is 12.2.